The third-order valence-corrected chi connectivity index (χ3v) is 3.81. The molecule has 27 heavy (non-hydrogen) atoms. The number of amides is 1. The van der Waals surface area contributed by atoms with Crippen LogP contribution in [0.5, 0.6) is 5.75 Å². The predicted molar refractivity (Wildman–Crippen MR) is 101 cm³/mol. The smallest absolute Gasteiger partial charge is 0.331 e. The summed E-state index contributed by atoms with van der Waals surface area (Å²) in [6.45, 7) is 1.95. The van der Waals surface area contributed by atoms with E-state index in [4.69, 9.17) is 9.47 Å². The van der Waals surface area contributed by atoms with Gasteiger partial charge in [0, 0.05) is 12.6 Å². The van der Waals surface area contributed by atoms with Crippen molar-refractivity contribution in [3.05, 3.63) is 71.6 Å². The van der Waals surface area contributed by atoms with E-state index in [1.54, 1.807) is 6.07 Å². The Labute approximate surface area is 157 Å². The zero-order valence-corrected chi connectivity index (χ0v) is 15.3. The molecule has 0 radical (unpaired) electrons. The van der Waals surface area contributed by atoms with Crippen LogP contribution in [0.4, 0.5) is 4.39 Å². The van der Waals surface area contributed by atoms with E-state index in [2.05, 4.69) is 5.32 Å². The van der Waals surface area contributed by atoms with Crippen LogP contribution in [0.2, 0.25) is 0 Å². The van der Waals surface area contributed by atoms with Crippen LogP contribution in [0.3, 0.4) is 0 Å². The van der Waals surface area contributed by atoms with Gasteiger partial charge in [0.15, 0.2) is 17.7 Å². The van der Waals surface area contributed by atoms with Crippen molar-refractivity contribution in [2.45, 2.75) is 19.4 Å². The van der Waals surface area contributed by atoms with E-state index in [1.165, 1.54) is 32.2 Å². The van der Waals surface area contributed by atoms with Crippen LogP contribution < -0.4 is 10.1 Å². The number of hydrogen-bond donors (Lipinski definition) is 1. The minimum Gasteiger partial charge on any atom is -0.494 e. The molecule has 2 aromatic rings. The summed E-state index contributed by atoms with van der Waals surface area (Å²) >= 11 is 0. The van der Waals surface area contributed by atoms with Gasteiger partial charge in [0.25, 0.3) is 5.91 Å². The molecule has 5 nitrogen and oxygen atoms in total. The molecular weight excluding hydrogens is 349 g/mol. The van der Waals surface area contributed by atoms with Gasteiger partial charge in [-0.25, -0.2) is 9.18 Å². The maximum absolute atomic E-state index is 13.6. The van der Waals surface area contributed by atoms with Crippen LogP contribution in [0, 0.1) is 5.82 Å². The highest BCUT2D eigenvalue weighted by molar-refractivity contribution is 5.90. The quantitative estimate of drug-likeness (QED) is 0.572. The third kappa shape index (κ3) is 6.58. The molecule has 0 heterocycles. The Morgan fingerprint density at radius 1 is 1.19 bits per heavy atom. The maximum Gasteiger partial charge on any atom is 0.331 e. The van der Waals surface area contributed by atoms with Crippen LogP contribution in [0.1, 0.15) is 18.1 Å². The predicted octanol–water partition coefficient (Wildman–Crippen LogP) is 3.14. The van der Waals surface area contributed by atoms with Gasteiger partial charge in [-0.15, -0.1) is 0 Å². The number of nitrogens with one attached hydrogen (secondary N) is 1. The van der Waals surface area contributed by atoms with Gasteiger partial charge in [-0.1, -0.05) is 36.4 Å². The number of benzene rings is 2. The summed E-state index contributed by atoms with van der Waals surface area (Å²) in [7, 11) is 1.37. The van der Waals surface area contributed by atoms with Gasteiger partial charge >= 0.3 is 5.97 Å². The fourth-order valence-corrected chi connectivity index (χ4v) is 2.34. The standard InChI is InChI=1S/C21H22FNO4/c1-15(21(25)23-13-12-16-6-4-3-5-7-16)27-20(24)11-9-17-8-10-19(26-2)18(22)14-17/h3-11,14-15H,12-13H2,1-2H3,(H,23,25)/b11-9+/t15-/m1/s1. The molecule has 1 atom stereocenters. The molecule has 0 unspecified atom stereocenters. The first kappa shape index (κ1) is 20.2. The number of rotatable bonds is 8. The lowest BCUT2D eigenvalue weighted by atomic mass is 10.1. The molecule has 2 rings (SSSR count). The number of carbonyl (C=O) groups excluding carboxylic acids is 2. The monoisotopic (exact) mass is 371 g/mol. The van der Waals surface area contributed by atoms with Crippen molar-refractivity contribution in [3.8, 4) is 5.75 Å². The van der Waals surface area contributed by atoms with Crippen LogP contribution in [-0.2, 0) is 20.7 Å². The Morgan fingerprint density at radius 3 is 2.59 bits per heavy atom. The molecular formula is C21H22FNO4. The normalized spacial score (nSPS) is 11.8. The average molecular weight is 371 g/mol. The fraction of sp³-hybridized carbons (Fsp3) is 0.238. The second-order valence-electron chi connectivity index (χ2n) is 5.83. The number of esters is 1. The number of halogens is 1. The fourth-order valence-electron chi connectivity index (χ4n) is 2.34. The zero-order chi connectivity index (χ0) is 19.6. The number of hydrogen-bond acceptors (Lipinski definition) is 4. The average Bonchev–Trinajstić information content (AvgIpc) is 2.67. The lowest BCUT2D eigenvalue weighted by Gasteiger charge is -2.12. The van der Waals surface area contributed by atoms with Gasteiger partial charge in [-0.2, -0.15) is 0 Å². The maximum atomic E-state index is 13.6. The van der Waals surface area contributed by atoms with Crippen LogP contribution >= 0.6 is 0 Å². The second kappa shape index (κ2) is 10.1. The van der Waals surface area contributed by atoms with Gasteiger partial charge in [0.05, 0.1) is 7.11 Å². The summed E-state index contributed by atoms with van der Waals surface area (Å²) in [5.41, 5.74) is 1.59. The van der Waals surface area contributed by atoms with E-state index < -0.39 is 17.9 Å². The Bertz CT molecular complexity index is 805. The van der Waals surface area contributed by atoms with Crippen LogP contribution in [0.15, 0.2) is 54.6 Å². The van der Waals surface area contributed by atoms with Crippen molar-refractivity contribution in [2.24, 2.45) is 0 Å². The van der Waals surface area contributed by atoms with E-state index >= 15 is 0 Å². The number of carbonyl (C=O) groups is 2. The summed E-state index contributed by atoms with van der Waals surface area (Å²) in [5.74, 6) is -1.46. The van der Waals surface area contributed by atoms with E-state index in [1.807, 2.05) is 30.3 Å². The molecule has 0 saturated carbocycles. The molecule has 0 aromatic heterocycles. The first-order chi connectivity index (χ1) is 13.0. The molecule has 0 aliphatic heterocycles. The minimum atomic E-state index is -0.925. The Balaban J connectivity index is 1.78. The molecule has 0 spiro atoms. The Hall–Kier alpha value is -3.15. The van der Waals surface area contributed by atoms with Crippen molar-refractivity contribution >= 4 is 18.0 Å². The summed E-state index contributed by atoms with van der Waals surface area (Å²) in [6.07, 6.45) is 2.32. The summed E-state index contributed by atoms with van der Waals surface area (Å²) in [6, 6.07) is 14.0. The first-order valence-corrected chi connectivity index (χ1v) is 8.53. The number of methoxy groups -OCH3 is 1. The molecule has 0 fully saturated rings. The summed E-state index contributed by atoms with van der Waals surface area (Å²) in [5, 5.41) is 2.73. The summed E-state index contributed by atoms with van der Waals surface area (Å²) in [4.78, 5) is 23.8. The van der Waals surface area contributed by atoms with Crippen molar-refractivity contribution in [3.63, 3.8) is 0 Å². The largest absolute Gasteiger partial charge is 0.494 e. The molecule has 142 valence electrons. The first-order valence-electron chi connectivity index (χ1n) is 8.53. The molecule has 0 aliphatic carbocycles. The minimum absolute atomic E-state index is 0.121. The lowest BCUT2D eigenvalue weighted by Crippen LogP contribution is -2.36. The third-order valence-electron chi connectivity index (χ3n) is 3.81. The highest BCUT2D eigenvalue weighted by atomic mass is 19.1. The number of ether oxygens (including phenoxy) is 2. The zero-order valence-electron chi connectivity index (χ0n) is 15.3. The molecule has 6 heteroatoms. The highest BCUT2D eigenvalue weighted by Crippen LogP contribution is 2.18. The van der Waals surface area contributed by atoms with Gasteiger partial charge in [-0.05, 0) is 42.7 Å². The van der Waals surface area contributed by atoms with Crippen molar-refractivity contribution in [2.75, 3.05) is 13.7 Å². The summed E-state index contributed by atoms with van der Waals surface area (Å²) < 4.78 is 23.5. The van der Waals surface area contributed by atoms with E-state index in [0.717, 1.165) is 11.6 Å². The topological polar surface area (TPSA) is 64.6 Å². The molecule has 2 aromatic carbocycles. The molecule has 0 aliphatic rings. The van der Waals surface area contributed by atoms with Gasteiger partial charge in [-0.3, -0.25) is 4.79 Å². The van der Waals surface area contributed by atoms with Crippen LogP contribution in [-0.4, -0.2) is 31.6 Å². The van der Waals surface area contributed by atoms with Gasteiger partial charge in [0.2, 0.25) is 0 Å². The molecule has 0 saturated heterocycles. The highest BCUT2D eigenvalue weighted by Gasteiger charge is 2.15. The Kier molecular flexibility index (Phi) is 7.55. The van der Waals surface area contributed by atoms with Crippen LogP contribution in [0.25, 0.3) is 6.08 Å². The molecule has 1 amide bonds. The van der Waals surface area contributed by atoms with E-state index in [0.29, 0.717) is 18.5 Å². The Morgan fingerprint density at radius 2 is 1.93 bits per heavy atom. The lowest BCUT2D eigenvalue weighted by molar-refractivity contribution is -0.150. The molecule has 1 N–H and O–H groups in total. The van der Waals surface area contributed by atoms with E-state index in [-0.39, 0.29) is 11.7 Å². The van der Waals surface area contributed by atoms with Crippen molar-refractivity contribution in [1.29, 1.82) is 0 Å². The van der Waals surface area contributed by atoms with Gasteiger partial charge in [0.1, 0.15) is 0 Å². The SMILES string of the molecule is COc1ccc(/C=C/C(=O)O[C@H](C)C(=O)NCCc2ccccc2)cc1F. The van der Waals surface area contributed by atoms with Crippen molar-refractivity contribution in [1.82, 2.24) is 5.32 Å². The molecule has 0 bridgehead atoms. The van der Waals surface area contributed by atoms with Crippen molar-refractivity contribution < 1.29 is 23.5 Å². The van der Waals surface area contributed by atoms with E-state index in [9.17, 15) is 14.0 Å². The van der Waals surface area contributed by atoms with Gasteiger partial charge < -0.3 is 14.8 Å². The second-order valence-corrected chi connectivity index (χ2v) is 5.83.